The first kappa shape index (κ1) is 23.7. The van der Waals surface area contributed by atoms with E-state index in [9.17, 15) is 9.90 Å². The van der Waals surface area contributed by atoms with E-state index in [0.29, 0.717) is 29.5 Å². The molecule has 1 aliphatic carbocycles. The molecule has 1 N–H and O–H groups in total. The number of nitrogens with zero attached hydrogens (tertiary/aromatic N) is 2. The van der Waals surface area contributed by atoms with Crippen molar-refractivity contribution < 1.29 is 14.6 Å². The lowest BCUT2D eigenvalue weighted by molar-refractivity contribution is -0.118. The zero-order chi connectivity index (χ0) is 24.4. The van der Waals surface area contributed by atoms with Crippen molar-refractivity contribution in [2.24, 2.45) is 5.92 Å². The van der Waals surface area contributed by atoms with Crippen LogP contribution in [0.4, 0.5) is 0 Å². The van der Waals surface area contributed by atoms with Crippen LogP contribution in [0.1, 0.15) is 37.3 Å². The number of benzene rings is 1. The molecule has 35 heavy (non-hydrogen) atoms. The summed E-state index contributed by atoms with van der Waals surface area (Å²) in [7, 11) is 0. The minimum Gasteiger partial charge on any atom is -0.438 e. The van der Waals surface area contributed by atoms with Crippen LogP contribution in [0.25, 0.3) is 5.57 Å². The van der Waals surface area contributed by atoms with E-state index >= 15 is 0 Å². The molecule has 0 spiro atoms. The Morgan fingerprint density at radius 2 is 2.03 bits per heavy atom. The van der Waals surface area contributed by atoms with Crippen molar-refractivity contribution in [3.63, 3.8) is 0 Å². The summed E-state index contributed by atoms with van der Waals surface area (Å²) in [6.45, 7) is 4.15. The predicted molar refractivity (Wildman–Crippen MR) is 138 cm³/mol. The molecule has 0 amide bonds. The zero-order valence-electron chi connectivity index (χ0n) is 19.8. The minimum absolute atomic E-state index is 0.0847. The molecule has 2 aliphatic heterocycles. The van der Waals surface area contributed by atoms with Gasteiger partial charge in [0.2, 0.25) is 5.88 Å². The fourth-order valence-corrected chi connectivity index (χ4v) is 5.15. The number of aromatic nitrogens is 1. The predicted octanol–water partition coefficient (Wildman–Crippen LogP) is 5.47. The molecule has 1 saturated heterocycles. The van der Waals surface area contributed by atoms with Gasteiger partial charge in [0.15, 0.2) is 0 Å². The van der Waals surface area contributed by atoms with E-state index in [1.807, 2.05) is 54.6 Å². The Hall–Kier alpha value is -2.99. The Morgan fingerprint density at radius 3 is 2.77 bits per heavy atom. The Labute approximate surface area is 211 Å². The van der Waals surface area contributed by atoms with Gasteiger partial charge in [-0.15, -0.1) is 0 Å². The molecule has 1 fully saturated rings. The van der Waals surface area contributed by atoms with Crippen LogP contribution in [0.15, 0.2) is 84.3 Å². The van der Waals surface area contributed by atoms with Gasteiger partial charge in [0.1, 0.15) is 11.5 Å². The number of allylic oxidation sites excluding steroid dienone is 6. The molecule has 5 rings (SSSR count). The summed E-state index contributed by atoms with van der Waals surface area (Å²) in [5, 5.41) is 11.8. The van der Waals surface area contributed by atoms with E-state index in [0.717, 1.165) is 48.3 Å². The molecule has 0 radical (unpaired) electrons. The van der Waals surface area contributed by atoms with Crippen molar-refractivity contribution in [2.75, 3.05) is 19.6 Å². The molecule has 1 aromatic heterocycles. The molecule has 6 heteroatoms. The topological polar surface area (TPSA) is 62.7 Å². The summed E-state index contributed by atoms with van der Waals surface area (Å²) in [6, 6.07) is 11.4. The number of ketones is 1. The minimum atomic E-state index is -0.799. The molecule has 3 aliphatic rings. The molecule has 5 nitrogen and oxygen atoms in total. The number of carbonyl (C=O) groups excluding carboxylic acids is 1. The van der Waals surface area contributed by atoms with E-state index in [-0.39, 0.29) is 11.7 Å². The van der Waals surface area contributed by atoms with Crippen LogP contribution in [0, 0.1) is 5.92 Å². The van der Waals surface area contributed by atoms with Crippen molar-refractivity contribution in [1.82, 2.24) is 9.88 Å². The summed E-state index contributed by atoms with van der Waals surface area (Å²) in [5.41, 5.74) is 2.95. The monoisotopic (exact) mass is 488 g/mol. The van der Waals surface area contributed by atoms with Gasteiger partial charge in [-0.25, -0.2) is 4.98 Å². The van der Waals surface area contributed by atoms with Crippen LogP contribution in [0.2, 0.25) is 5.02 Å². The zero-order valence-corrected chi connectivity index (χ0v) is 20.5. The summed E-state index contributed by atoms with van der Waals surface area (Å²) in [4.78, 5) is 19.1. The van der Waals surface area contributed by atoms with Gasteiger partial charge in [-0.05, 0) is 73.7 Å². The number of rotatable bonds is 5. The van der Waals surface area contributed by atoms with E-state index in [4.69, 9.17) is 16.3 Å². The van der Waals surface area contributed by atoms with Crippen LogP contribution in [0.3, 0.4) is 0 Å². The number of fused-ring (bicyclic) bond motifs is 2. The number of hydrogen-bond acceptors (Lipinski definition) is 5. The number of likely N-dealkylation sites (tertiary alicyclic amines) is 1. The second kappa shape index (κ2) is 9.94. The van der Waals surface area contributed by atoms with Gasteiger partial charge in [0.05, 0.1) is 11.5 Å². The van der Waals surface area contributed by atoms with Gasteiger partial charge < -0.3 is 14.7 Å². The van der Waals surface area contributed by atoms with Gasteiger partial charge in [-0.3, -0.25) is 4.79 Å². The maximum Gasteiger partial charge on any atom is 0.227 e. The first-order valence-corrected chi connectivity index (χ1v) is 12.5. The molecule has 0 bridgehead atoms. The molecule has 3 heterocycles. The summed E-state index contributed by atoms with van der Waals surface area (Å²) >= 11 is 6.01. The highest BCUT2D eigenvalue weighted by Gasteiger charge is 2.33. The maximum absolute atomic E-state index is 12.3. The molecular formula is C29H29ClN2O3. The number of halogens is 1. The van der Waals surface area contributed by atoms with E-state index in [1.54, 1.807) is 13.1 Å². The lowest BCUT2D eigenvalue weighted by Gasteiger charge is -2.38. The second-order valence-corrected chi connectivity index (χ2v) is 9.83. The van der Waals surface area contributed by atoms with Crippen LogP contribution >= 0.6 is 11.6 Å². The highest BCUT2D eigenvalue weighted by molar-refractivity contribution is 6.30. The van der Waals surface area contributed by atoms with E-state index in [2.05, 4.69) is 22.0 Å². The highest BCUT2D eigenvalue weighted by atomic mass is 35.5. The third kappa shape index (κ3) is 5.03. The van der Waals surface area contributed by atoms with E-state index < -0.39 is 5.60 Å². The number of piperidine rings is 1. The molecule has 1 atom stereocenters. The van der Waals surface area contributed by atoms with Gasteiger partial charge in [0.25, 0.3) is 0 Å². The normalized spacial score (nSPS) is 22.4. The molecular weight excluding hydrogens is 460 g/mol. The smallest absolute Gasteiger partial charge is 0.227 e. The Morgan fingerprint density at radius 1 is 1.26 bits per heavy atom. The van der Waals surface area contributed by atoms with Crippen LogP contribution in [-0.2, 0) is 10.4 Å². The second-order valence-electron chi connectivity index (χ2n) is 9.39. The summed E-state index contributed by atoms with van der Waals surface area (Å²) < 4.78 is 6.13. The number of aliphatic hydroxyl groups is 1. The van der Waals surface area contributed by atoms with E-state index in [1.165, 1.54) is 0 Å². The fourth-order valence-electron chi connectivity index (χ4n) is 5.02. The summed E-state index contributed by atoms with van der Waals surface area (Å²) in [5.74, 6) is 0.996. The first-order chi connectivity index (χ1) is 16.9. The van der Waals surface area contributed by atoms with Crippen molar-refractivity contribution in [3.8, 4) is 5.88 Å². The van der Waals surface area contributed by atoms with Gasteiger partial charge in [-0.2, -0.15) is 0 Å². The average Bonchev–Trinajstić information content (AvgIpc) is 3.02. The van der Waals surface area contributed by atoms with Crippen LogP contribution in [0.5, 0.6) is 5.88 Å². The lowest BCUT2D eigenvalue weighted by Crippen LogP contribution is -2.42. The van der Waals surface area contributed by atoms with Crippen LogP contribution < -0.4 is 4.74 Å². The molecule has 0 saturated carbocycles. The van der Waals surface area contributed by atoms with Crippen LogP contribution in [-0.4, -0.2) is 40.4 Å². The van der Waals surface area contributed by atoms with Crippen molar-refractivity contribution >= 4 is 23.0 Å². The SMILES string of the molecule is CC(=O)C1C=CC=C2Oc3ncccc3C(=CCCN3CCC(O)(c4ccc(Cl)cc4)CC3)C=C21. The van der Waals surface area contributed by atoms with Gasteiger partial charge in [0, 0.05) is 42.0 Å². The third-order valence-electron chi connectivity index (χ3n) is 7.08. The number of pyridine rings is 1. The number of Topliss-reactive ketones (excluding diaryl/α,β-unsaturated/α-hetero) is 1. The average molecular weight is 489 g/mol. The quantitative estimate of drug-likeness (QED) is 0.604. The molecule has 2 aromatic rings. The third-order valence-corrected chi connectivity index (χ3v) is 7.33. The standard InChI is InChI=1S/C29H29ClN2O3/c1-20(33)24-6-2-8-27-26(24)19-21(25-7-3-15-31-28(25)35-27)5-4-16-32-17-13-29(34,14-18-32)22-9-11-23(30)12-10-22/h2-3,5-12,15,19,24,34H,4,13-14,16-18H2,1H3. The number of carbonyl (C=O) groups is 1. The fraction of sp³-hybridized carbons (Fsp3) is 0.310. The summed E-state index contributed by atoms with van der Waals surface area (Å²) in [6.07, 6.45) is 13.9. The highest BCUT2D eigenvalue weighted by Crippen LogP contribution is 2.38. The van der Waals surface area contributed by atoms with Gasteiger partial charge >= 0.3 is 0 Å². The van der Waals surface area contributed by atoms with Crippen molar-refractivity contribution in [1.29, 1.82) is 0 Å². The molecule has 1 unspecified atom stereocenters. The maximum atomic E-state index is 12.3. The largest absolute Gasteiger partial charge is 0.438 e. The lowest BCUT2D eigenvalue weighted by atomic mass is 9.84. The van der Waals surface area contributed by atoms with Crippen molar-refractivity contribution in [2.45, 2.75) is 31.8 Å². The number of ether oxygens (including phenoxy) is 1. The Kier molecular flexibility index (Phi) is 6.74. The Balaban J connectivity index is 1.30. The molecule has 180 valence electrons. The molecule has 1 aromatic carbocycles. The first-order valence-electron chi connectivity index (χ1n) is 12.1. The number of hydrogen-bond donors (Lipinski definition) is 1. The Bertz CT molecular complexity index is 1230. The van der Waals surface area contributed by atoms with Gasteiger partial charge in [-0.1, -0.05) is 42.0 Å². The van der Waals surface area contributed by atoms with Crippen molar-refractivity contribution in [3.05, 3.63) is 100 Å².